The maximum absolute atomic E-state index is 9.04. The van der Waals surface area contributed by atoms with Crippen molar-refractivity contribution in [3.8, 4) is 0 Å². The molecule has 19 heavy (non-hydrogen) atoms. The van der Waals surface area contributed by atoms with Crippen molar-refractivity contribution in [2.45, 2.75) is 25.4 Å². The average molecular weight is 266 g/mol. The molecule has 0 aliphatic carbocycles. The van der Waals surface area contributed by atoms with Crippen molar-refractivity contribution in [2.24, 2.45) is 0 Å². The number of methoxy groups -OCH3 is 1. The number of aliphatic hydroxyl groups is 1. The van der Waals surface area contributed by atoms with Crippen molar-refractivity contribution < 1.29 is 9.84 Å². The lowest BCUT2D eigenvalue weighted by molar-refractivity contribution is 0.143. The quantitative estimate of drug-likeness (QED) is 0.753. The number of ether oxygens (including phenoxy) is 1. The van der Waals surface area contributed by atoms with Gasteiger partial charge in [0.1, 0.15) is 0 Å². The molecule has 2 unspecified atom stereocenters. The topological polar surface area (TPSA) is 44.7 Å². The van der Waals surface area contributed by atoms with Gasteiger partial charge in [-0.3, -0.25) is 0 Å². The maximum Gasteiger partial charge on any atom is 0.0616 e. The van der Waals surface area contributed by atoms with Crippen LogP contribution in [-0.2, 0) is 4.74 Å². The Morgan fingerprint density at radius 2 is 1.89 bits per heavy atom. The minimum absolute atomic E-state index is 0.174. The summed E-state index contributed by atoms with van der Waals surface area (Å²) >= 11 is 0. The molecule has 0 spiro atoms. The first kappa shape index (κ1) is 16.0. The van der Waals surface area contributed by atoms with Gasteiger partial charge in [0.25, 0.3) is 0 Å². The Hall–Kier alpha value is -1.10. The monoisotopic (exact) mass is 266 g/mol. The van der Waals surface area contributed by atoms with Crippen molar-refractivity contribution in [1.29, 1.82) is 0 Å². The van der Waals surface area contributed by atoms with Crippen LogP contribution in [0.3, 0.4) is 0 Å². The summed E-state index contributed by atoms with van der Waals surface area (Å²) in [6, 6.07) is 8.92. The van der Waals surface area contributed by atoms with E-state index in [9.17, 15) is 0 Å². The average Bonchev–Trinajstić information content (AvgIpc) is 2.39. The van der Waals surface area contributed by atoms with Crippen molar-refractivity contribution in [3.05, 3.63) is 29.8 Å². The van der Waals surface area contributed by atoms with E-state index in [0.717, 1.165) is 0 Å². The molecule has 0 aliphatic rings. The van der Waals surface area contributed by atoms with Crippen molar-refractivity contribution in [1.82, 2.24) is 5.32 Å². The fourth-order valence-corrected chi connectivity index (χ4v) is 2.08. The second kappa shape index (κ2) is 8.15. The summed E-state index contributed by atoms with van der Waals surface area (Å²) in [6.45, 7) is 2.92. The number of rotatable bonds is 8. The fraction of sp³-hybridized carbons (Fsp3) is 0.600. The summed E-state index contributed by atoms with van der Waals surface area (Å²) < 4.78 is 5.16. The highest BCUT2D eigenvalue weighted by Crippen LogP contribution is 2.18. The van der Waals surface area contributed by atoms with E-state index in [2.05, 4.69) is 41.4 Å². The predicted octanol–water partition coefficient (Wildman–Crippen LogP) is 1.80. The Labute approximate surface area is 116 Å². The summed E-state index contributed by atoms with van der Waals surface area (Å²) in [5.74, 6) is 0. The van der Waals surface area contributed by atoms with Crippen LogP contribution in [0.5, 0.6) is 0 Å². The van der Waals surface area contributed by atoms with E-state index in [1.165, 1.54) is 11.3 Å². The van der Waals surface area contributed by atoms with Gasteiger partial charge in [-0.25, -0.2) is 0 Å². The molecule has 0 saturated heterocycles. The van der Waals surface area contributed by atoms with E-state index in [0.29, 0.717) is 13.0 Å². The third-order valence-corrected chi connectivity index (χ3v) is 3.24. The van der Waals surface area contributed by atoms with Crippen molar-refractivity contribution >= 4 is 5.69 Å². The fourth-order valence-electron chi connectivity index (χ4n) is 2.08. The van der Waals surface area contributed by atoms with Crippen LogP contribution in [0, 0.1) is 0 Å². The number of nitrogens with one attached hydrogen (secondary N) is 1. The largest absolute Gasteiger partial charge is 0.396 e. The molecule has 4 nitrogen and oxygen atoms in total. The summed E-state index contributed by atoms with van der Waals surface area (Å²) in [5, 5.41) is 12.5. The van der Waals surface area contributed by atoms with Gasteiger partial charge >= 0.3 is 0 Å². The number of nitrogens with zero attached hydrogens (tertiary/aromatic N) is 1. The van der Waals surface area contributed by atoms with Crippen LogP contribution in [0.15, 0.2) is 24.3 Å². The molecule has 4 heteroatoms. The smallest absolute Gasteiger partial charge is 0.0616 e. The maximum atomic E-state index is 9.04. The molecule has 0 bridgehead atoms. The van der Waals surface area contributed by atoms with E-state index in [4.69, 9.17) is 9.84 Å². The lowest BCUT2D eigenvalue weighted by Crippen LogP contribution is -2.36. The van der Waals surface area contributed by atoms with Gasteiger partial charge in [0.05, 0.1) is 6.61 Å². The molecule has 0 aromatic heterocycles. The predicted molar refractivity (Wildman–Crippen MR) is 79.7 cm³/mol. The number of anilines is 1. The zero-order valence-corrected chi connectivity index (χ0v) is 12.4. The van der Waals surface area contributed by atoms with Gasteiger partial charge in [0.2, 0.25) is 0 Å². The van der Waals surface area contributed by atoms with E-state index in [1.54, 1.807) is 7.11 Å². The molecule has 0 amide bonds. The first-order valence-corrected chi connectivity index (χ1v) is 6.71. The second-order valence-corrected chi connectivity index (χ2v) is 5.04. The van der Waals surface area contributed by atoms with Crippen LogP contribution in [0.4, 0.5) is 5.69 Å². The van der Waals surface area contributed by atoms with Gasteiger partial charge in [0, 0.05) is 45.6 Å². The number of hydrogen-bond acceptors (Lipinski definition) is 4. The Morgan fingerprint density at radius 1 is 1.26 bits per heavy atom. The summed E-state index contributed by atoms with van der Waals surface area (Å²) in [7, 11) is 5.75. The Kier molecular flexibility index (Phi) is 6.84. The molecule has 2 atom stereocenters. The van der Waals surface area contributed by atoms with Crippen LogP contribution in [0.1, 0.15) is 24.9 Å². The highest BCUT2D eigenvalue weighted by atomic mass is 16.5. The van der Waals surface area contributed by atoms with E-state index < -0.39 is 0 Å². The van der Waals surface area contributed by atoms with Crippen molar-refractivity contribution in [2.75, 3.05) is 39.3 Å². The number of benzene rings is 1. The zero-order chi connectivity index (χ0) is 14.3. The molecule has 108 valence electrons. The van der Waals surface area contributed by atoms with Crippen molar-refractivity contribution in [3.63, 3.8) is 0 Å². The summed E-state index contributed by atoms with van der Waals surface area (Å²) in [5.41, 5.74) is 2.43. The minimum Gasteiger partial charge on any atom is -0.396 e. The zero-order valence-electron chi connectivity index (χ0n) is 12.4. The Morgan fingerprint density at radius 3 is 2.37 bits per heavy atom. The first-order valence-electron chi connectivity index (χ1n) is 6.71. The SMILES string of the molecule is COCC(CCO)NC(C)c1ccc(N(C)C)cc1. The third kappa shape index (κ3) is 5.19. The molecule has 0 aliphatic heterocycles. The Bertz CT molecular complexity index is 346. The molecule has 0 fully saturated rings. The lowest BCUT2D eigenvalue weighted by atomic mass is 10.1. The van der Waals surface area contributed by atoms with E-state index in [-0.39, 0.29) is 18.7 Å². The molecule has 1 rings (SSSR count). The molecule has 0 saturated carbocycles. The van der Waals surface area contributed by atoms with Crippen LogP contribution in [-0.4, -0.2) is 45.6 Å². The van der Waals surface area contributed by atoms with Crippen LogP contribution in [0.2, 0.25) is 0 Å². The van der Waals surface area contributed by atoms with E-state index >= 15 is 0 Å². The molecule has 2 N–H and O–H groups in total. The lowest BCUT2D eigenvalue weighted by Gasteiger charge is -2.23. The van der Waals surface area contributed by atoms with Gasteiger partial charge in [-0.1, -0.05) is 12.1 Å². The van der Waals surface area contributed by atoms with Gasteiger partial charge in [-0.2, -0.15) is 0 Å². The van der Waals surface area contributed by atoms with Gasteiger partial charge in [0.15, 0.2) is 0 Å². The highest BCUT2D eigenvalue weighted by molar-refractivity contribution is 5.46. The Balaban J connectivity index is 2.62. The third-order valence-electron chi connectivity index (χ3n) is 3.24. The molecule has 1 aromatic carbocycles. The van der Waals surface area contributed by atoms with Crippen LogP contribution < -0.4 is 10.2 Å². The minimum atomic E-state index is 0.174. The summed E-state index contributed by atoms with van der Waals surface area (Å²) in [6.07, 6.45) is 0.702. The highest BCUT2D eigenvalue weighted by Gasteiger charge is 2.13. The van der Waals surface area contributed by atoms with Gasteiger partial charge in [-0.05, 0) is 31.0 Å². The molecular formula is C15H26N2O2. The molecular weight excluding hydrogens is 240 g/mol. The standard InChI is InChI=1S/C15H26N2O2/c1-12(16-14(9-10-18)11-19-4)13-5-7-15(8-6-13)17(2)3/h5-8,12,14,16,18H,9-11H2,1-4H3. The number of aliphatic hydroxyl groups excluding tert-OH is 1. The van der Waals surface area contributed by atoms with Gasteiger partial charge in [-0.15, -0.1) is 0 Å². The summed E-state index contributed by atoms with van der Waals surface area (Å²) in [4.78, 5) is 2.08. The molecule has 0 heterocycles. The van der Waals surface area contributed by atoms with Gasteiger partial charge < -0.3 is 20.1 Å². The van der Waals surface area contributed by atoms with Crippen LogP contribution >= 0.6 is 0 Å². The number of hydrogen-bond donors (Lipinski definition) is 2. The normalized spacial score (nSPS) is 14.2. The van der Waals surface area contributed by atoms with Crippen LogP contribution in [0.25, 0.3) is 0 Å². The first-order chi connectivity index (χ1) is 9.08. The van der Waals surface area contributed by atoms with E-state index in [1.807, 2.05) is 14.1 Å². The second-order valence-electron chi connectivity index (χ2n) is 5.04. The molecule has 1 aromatic rings. The molecule has 0 radical (unpaired) electrons.